The van der Waals surface area contributed by atoms with Crippen molar-refractivity contribution in [3.63, 3.8) is 0 Å². The third kappa shape index (κ3) is 1.63. The Hall–Kier alpha value is -0.720. The molecule has 0 heterocycles. The lowest BCUT2D eigenvalue weighted by Gasteiger charge is -2.23. The van der Waals surface area contributed by atoms with Crippen LogP contribution in [0, 0.1) is 12.3 Å². The minimum Gasteiger partial charge on any atom is -0.501 e. The van der Waals surface area contributed by atoms with Gasteiger partial charge < -0.3 is 4.74 Å². The molecule has 0 bridgehead atoms. The van der Waals surface area contributed by atoms with Gasteiger partial charge in [-0.2, -0.15) is 0 Å². The van der Waals surface area contributed by atoms with Crippen LogP contribution in [0.1, 0.15) is 13.3 Å². The Kier molecular flexibility index (Phi) is 1.84. The largest absolute Gasteiger partial charge is 0.501 e. The molecule has 0 saturated carbocycles. The van der Waals surface area contributed by atoms with E-state index in [1.165, 1.54) is 0 Å². The van der Waals surface area contributed by atoms with Crippen molar-refractivity contribution in [2.75, 3.05) is 7.11 Å². The maximum Gasteiger partial charge on any atom is 0.0963 e. The third-order valence-electron chi connectivity index (χ3n) is 1.62. The SMILES string of the molecule is [CH2][C@@]1(C)C=CC=C(OC)C1. The maximum absolute atomic E-state index is 5.10. The first-order valence-corrected chi connectivity index (χ1v) is 3.42. The first kappa shape index (κ1) is 7.39. The normalized spacial score (nSPS) is 22.1. The Morgan fingerprint density at radius 2 is 2.40 bits per heavy atom. The van der Waals surface area contributed by atoms with Gasteiger partial charge in [-0.05, 0) is 18.4 Å². The van der Waals surface area contributed by atoms with Crippen LogP contribution in [0.4, 0.5) is 0 Å². The van der Waals surface area contributed by atoms with Gasteiger partial charge in [0.25, 0.3) is 0 Å². The molecule has 0 amide bonds. The van der Waals surface area contributed by atoms with Crippen molar-refractivity contribution in [2.24, 2.45) is 5.41 Å². The minimum atomic E-state index is 0.0279. The van der Waals surface area contributed by atoms with E-state index >= 15 is 0 Å². The molecule has 1 radical (unpaired) electrons. The van der Waals surface area contributed by atoms with Crippen LogP contribution in [-0.2, 0) is 4.74 Å². The standard InChI is InChI=1S/C9H13O/c1-9(2)6-4-5-8(7-9)10-3/h4-6H,1,7H2,2-3H3/t9-/m1/s1. The van der Waals surface area contributed by atoms with Gasteiger partial charge in [0.1, 0.15) is 0 Å². The number of hydrogen-bond donors (Lipinski definition) is 0. The van der Waals surface area contributed by atoms with Crippen LogP contribution >= 0.6 is 0 Å². The van der Waals surface area contributed by atoms with Crippen LogP contribution in [0.2, 0.25) is 0 Å². The highest BCUT2D eigenvalue weighted by molar-refractivity contribution is 5.20. The summed E-state index contributed by atoms with van der Waals surface area (Å²) in [7, 11) is 1.70. The molecule has 1 heteroatoms. The van der Waals surface area contributed by atoms with E-state index in [2.05, 4.69) is 19.9 Å². The third-order valence-corrected chi connectivity index (χ3v) is 1.62. The van der Waals surface area contributed by atoms with Crippen LogP contribution in [-0.4, -0.2) is 7.11 Å². The van der Waals surface area contributed by atoms with Crippen molar-refractivity contribution in [3.05, 3.63) is 30.9 Å². The van der Waals surface area contributed by atoms with Crippen LogP contribution < -0.4 is 0 Å². The average Bonchev–Trinajstić information content (AvgIpc) is 1.86. The molecule has 1 aliphatic carbocycles. The second kappa shape index (κ2) is 2.49. The average molecular weight is 137 g/mol. The summed E-state index contributed by atoms with van der Waals surface area (Å²) in [5, 5.41) is 0. The monoisotopic (exact) mass is 137 g/mol. The molecule has 0 spiro atoms. The second-order valence-corrected chi connectivity index (χ2v) is 3.03. The number of allylic oxidation sites excluding steroid dienone is 4. The Balaban J connectivity index is 2.68. The summed E-state index contributed by atoms with van der Waals surface area (Å²) in [5.74, 6) is 1.01. The highest BCUT2D eigenvalue weighted by Gasteiger charge is 2.18. The molecular weight excluding hydrogens is 124 g/mol. The molecule has 55 valence electrons. The summed E-state index contributed by atoms with van der Waals surface area (Å²) >= 11 is 0. The summed E-state index contributed by atoms with van der Waals surface area (Å²) in [4.78, 5) is 0. The zero-order chi connectivity index (χ0) is 7.61. The molecule has 1 atom stereocenters. The first-order chi connectivity index (χ1) is 4.64. The fourth-order valence-electron chi connectivity index (χ4n) is 1.04. The highest BCUT2D eigenvalue weighted by Crippen LogP contribution is 2.29. The smallest absolute Gasteiger partial charge is 0.0963 e. The predicted molar refractivity (Wildman–Crippen MR) is 42.3 cm³/mol. The fourth-order valence-corrected chi connectivity index (χ4v) is 1.04. The van der Waals surface area contributed by atoms with E-state index in [-0.39, 0.29) is 5.41 Å². The van der Waals surface area contributed by atoms with Crippen molar-refractivity contribution in [1.29, 1.82) is 0 Å². The maximum atomic E-state index is 5.10. The summed E-state index contributed by atoms with van der Waals surface area (Å²) in [6.45, 7) is 6.11. The number of methoxy groups -OCH3 is 1. The Bertz CT molecular complexity index is 175. The van der Waals surface area contributed by atoms with Gasteiger partial charge >= 0.3 is 0 Å². The van der Waals surface area contributed by atoms with Gasteiger partial charge in [-0.15, -0.1) is 0 Å². The number of hydrogen-bond acceptors (Lipinski definition) is 1. The van der Waals surface area contributed by atoms with Gasteiger partial charge in [-0.3, -0.25) is 0 Å². The van der Waals surface area contributed by atoms with Crippen molar-refractivity contribution >= 4 is 0 Å². The predicted octanol–water partition coefficient (Wildman–Crippen LogP) is 2.32. The molecule has 0 saturated heterocycles. The van der Waals surface area contributed by atoms with Gasteiger partial charge in [0, 0.05) is 6.42 Å². The zero-order valence-corrected chi connectivity index (χ0v) is 6.55. The quantitative estimate of drug-likeness (QED) is 0.539. The summed E-state index contributed by atoms with van der Waals surface area (Å²) in [5.41, 5.74) is 0.0279. The molecule has 1 rings (SSSR count). The molecule has 0 aromatic heterocycles. The molecule has 0 fully saturated rings. The Labute approximate surface area is 62.4 Å². The molecule has 0 aromatic carbocycles. The van der Waals surface area contributed by atoms with E-state index in [1.54, 1.807) is 7.11 Å². The van der Waals surface area contributed by atoms with Crippen molar-refractivity contribution < 1.29 is 4.74 Å². The van der Waals surface area contributed by atoms with Crippen LogP contribution in [0.25, 0.3) is 0 Å². The number of ether oxygens (including phenoxy) is 1. The number of rotatable bonds is 1. The van der Waals surface area contributed by atoms with Gasteiger partial charge in [0.15, 0.2) is 0 Å². The van der Waals surface area contributed by atoms with E-state index in [9.17, 15) is 0 Å². The summed E-state index contributed by atoms with van der Waals surface area (Å²) in [6, 6.07) is 0. The molecule has 0 N–H and O–H groups in total. The van der Waals surface area contributed by atoms with E-state index in [0.29, 0.717) is 0 Å². The van der Waals surface area contributed by atoms with Gasteiger partial charge in [0.05, 0.1) is 12.9 Å². The molecule has 0 aromatic rings. The molecule has 1 aliphatic rings. The molecule has 10 heavy (non-hydrogen) atoms. The Morgan fingerprint density at radius 1 is 1.70 bits per heavy atom. The first-order valence-electron chi connectivity index (χ1n) is 3.42. The lowest BCUT2D eigenvalue weighted by molar-refractivity contribution is 0.253. The summed E-state index contributed by atoms with van der Waals surface area (Å²) < 4.78 is 5.10. The summed E-state index contributed by atoms with van der Waals surface area (Å²) in [6.07, 6.45) is 6.97. The van der Waals surface area contributed by atoms with E-state index in [1.807, 2.05) is 12.2 Å². The van der Waals surface area contributed by atoms with Crippen molar-refractivity contribution in [2.45, 2.75) is 13.3 Å². The van der Waals surface area contributed by atoms with Crippen LogP contribution in [0.5, 0.6) is 0 Å². The lowest BCUT2D eigenvalue weighted by atomic mass is 9.85. The molecule has 1 nitrogen and oxygen atoms in total. The fraction of sp³-hybridized carbons (Fsp3) is 0.444. The van der Waals surface area contributed by atoms with Crippen molar-refractivity contribution in [1.82, 2.24) is 0 Å². The van der Waals surface area contributed by atoms with Gasteiger partial charge in [0.2, 0.25) is 0 Å². The molecular formula is C9H13O. The molecule has 0 unspecified atom stereocenters. The van der Waals surface area contributed by atoms with Crippen molar-refractivity contribution in [3.8, 4) is 0 Å². The lowest BCUT2D eigenvalue weighted by Crippen LogP contribution is -2.12. The van der Waals surface area contributed by atoms with Gasteiger partial charge in [-0.25, -0.2) is 0 Å². The van der Waals surface area contributed by atoms with E-state index in [0.717, 1.165) is 12.2 Å². The zero-order valence-electron chi connectivity index (χ0n) is 6.55. The van der Waals surface area contributed by atoms with Crippen LogP contribution in [0.15, 0.2) is 24.0 Å². The minimum absolute atomic E-state index is 0.0279. The highest BCUT2D eigenvalue weighted by atomic mass is 16.5. The Morgan fingerprint density at radius 3 is 2.80 bits per heavy atom. The second-order valence-electron chi connectivity index (χ2n) is 3.03. The van der Waals surface area contributed by atoms with E-state index < -0.39 is 0 Å². The van der Waals surface area contributed by atoms with E-state index in [4.69, 9.17) is 4.74 Å². The molecule has 0 aliphatic heterocycles. The topological polar surface area (TPSA) is 9.23 Å². The van der Waals surface area contributed by atoms with Gasteiger partial charge in [-0.1, -0.05) is 19.1 Å². The van der Waals surface area contributed by atoms with Crippen LogP contribution in [0.3, 0.4) is 0 Å².